The number of nitrogens with one attached hydrogen (secondary N) is 1. The summed E-state index contributed by atoms with van der Waals surface area (Å²) < 4.78 is 5.99. The summed E-state index contributed by atoms with van der Waals surface area (Å²) in [6.07, 6.45) is 13.2. The molecule has 98 valence electrons. The minimum Gasteiger partial charge on any atom is -0.378 e. The van der Waals surface area contributed by atoms with Crippen LogP contribution >= 0.6 is 0 Å². The zero-order valence-electron chi connectivity index (χ0n) is 11.2. The minimum absolute atomic E-state index is 0.518. The average molecular weight is 237 g/mol. The first-order valence-electron chi connectivity index (χ1n) is 7.73. The Morgan fingerprint density at radius 1 is 1.12 bits per heavy atom. The molecule has 0 aliphatic heterocycles. The van der Waals surface area contributed by atoms with Crippen LogP contribution in [0.25, 0.3) is 0 Å². The van der Waals surface area contributed by atoms with E-state index < -0.39 is 0 Å². The topological polar surface area (TPSA) is 21.3 Å². The molecular formula is C15H27NO. The molecule has 17 heavy (non-hydrogen) atoms. The minimum atomic E-state index is 0.518. The SMILES string of the molecule is CCOC1CC(NC2CCC2)C12CCCCC2. The van der Waals surface area contributed by atoms with Crippen molar-refractivity contribution in [1.82, 2.24) is 5.32 Å². The number of ether oxygens (including phenoxy) is 1. The quantitative estimate of drug-likeness (QED) is 0.810. The molecular weight excluding hydrogens is 210 g/mol. The Bertz CT molecular complexity index is 256. The van der Waals surface area contributed by atoms with Crippen molar-refractivity contribution in [2.45, 2.75) is 82.9 Å². The van der Waals surface area contributed by atoms with Crippen molar-refractivity contribution in [3.63, 3.8) is 0 Å². The van der Waals surface area contributed by atoms with Gasteiger partial charge in [0.1, 0.15) is 0 Å². The smallest absolute Gasteiger partial charge is 0.0661 e. The normalized spacial score (nSPS) is 36.5. The van der Waals surface area contributed by atoms with Gasteiger partial charge >= 0.3 is 0 Å². The van der Waals surface area contributed by atoms with Gasteiger partial charge in [-0.05, 0) is 39.0 Å². The fourth-order valence-corrected chi connectivity index (χ4v) is 4.16. The molecule has 2 heteroatoms. The van der Waals surface area contributed by atoms with Crippen molar-refractivity contribution >= 4 is 0 Å². The fraction of sp³-hybridized carbons (Fsp3) is 1.00. The largest absolute Gasteiger partial charge is 0.378 e. The summed E-state index contributed by atoms with van der Waals surface area (Å²) in [5, 5.41) is 3.92. The molecule has 3 saturated carbocycles. The van der Waals surface area contributed by atoms with Crippen LogP contribution in [0.1, 0.15) is 64.7 Å². The van der Waals surface area contributed by atoms with Gasteiger partial charge < -0.3 is 10.1 Å². The molecule has 3 rings (SSSR count). The summed E-state index contributed by atoms with van der Waals surface area (Å²) in [5.74, 6) is 0. The van der Waals surface area contributed by atoms with E-state index in [-0.39, 0.29) is 0 Å². The van der Waals surface area contributed by atoms with Crippen LogP contribution in [0.5, 0.6) is 0 Å². The Morgan fingerprint density at radius 3 is 2.47 bits per heavy atom. The van der Waals surface area contributed by atoms with Gasteiger partial charge in [-0.15, -0.1) is 0 Å². The first kappa shape index (κ1) is 12.0. The van der Waals surface area contributed by atoms with Crippen molar-refractivity contribution in [2.24, 2.45) is 5.41 Å². The van der Waals surface area contributed by atoms with Gasteiger partial charge in [-0.1, -0.05) is 25.7 Å². The highest BCUT2D eigenvalue weighted by atomic mass is 16.5. The number of hydrogen-bond acceptors (Lipinski definition) is 2. The molecule has 2 atom stereocenters. The molecule has 2 unspecified atom stereocenters. The van der Waals surface area contributed by atoms with Gasteiger partial charge in [-0.2, -0.15) is 0 Å². The summed E-state index contributed by atoms with van der Waals surface area (Å²) in [6.45, 7) is 3.03. The van der Waals surface area contributed by atoms with Crippen molar-refractivity contribution in [3.05, 3.63) is 0 Å². The van der Waals surface area contributed by atoms with Gasteiger partial charge in [0, 0.05) is 24.1 Å². The maximum atomic E-state index is 5.99. The van der Waals surface area contributed by atoms with Crippen LogP contribution in [0.4, 0.5) is 0 Å². The highest BCUT2D eigenvalue weighted by Crippen LogP contribution is 2.53. The second-order valence-electron chi connectivity index (χ2n) is 6.32. The molecule has 0 radical (unpaired) electrons. The van der Waals surface area contributed by atoms with E-state index in [4.69, 9.17) is 4.74 Å². The first-order chi connectivity index (χ1) is 8.35. The first-order valence-corrected chi connectivity index (χ1v) is 7.73. The summed E-state index contributed by atoms with van der Waals surface area (Å²) >= 11 is 0. The van der Waals surface area contributed by atoms with Crippen LogP contribution in [0.2, 0.25) is 0 Å². The van der Waals surface area contributed by atoms with Gasteiger partial charge in [-0.25, -0.2) is 0 Å². The lowest BCUT2D eigenvalue weighted by atomic mass is 9.55. The Balaban J connectivity index is 1.63. The summed E-state index contributed by atoms with van der Waals surface area (Å²) in [5.41, 5.74) is 0.518. The molecule has 0 amide bonds. The lowest BCUT2D eigenvalue weighted by Gasteiger charge is -2.59. The third-order valence-corrected chi connectivity index (χ3v) is 5.48. The van der Waals surface area contributed by atoms with Crippen LogP contribution in [-0.4, -0.2) is 24.8 Å². The zero-order valence-corrected chi connectivity index (χ0v) is 11.2. The van der Waals surface area contributed by atoms with Crippen molar-refractivity contribution in [2.75, 3.05) is 6.61 Å². The van der Waals surface area contributed by atoms with Gasteiger partial charge in [0.05, 0.1) is 6.10 Å². The van der Waals surface area contributed by atoms with E-state index in [9.17, 15) is 0 Å². The molecule has 3 aliphatic rings. The van der Waals surface area contributed by atoms with Crippen molar-refractivity contribution in [1.29, 1.82) is 0 Å². The van der Waals surface area contributed by atoms with Gasteiger partial charge in [0.2, 0.25) is 0 Å². The number of rotatable bonds is 4. The molecule has 3 fully saturated rings. The van der Waals surface area contributed by atoms with Gasteiger partial charge in [0.15, 0.2) is 0 Å². The third kappa shape index (κ3) is 2.04. The van der Waals surface area contributed by atoms with E-state index >= 15 is 0 Å². The highest BCUT2D eigenvalue weighted by Gasteiger charge is 2.55. The highest BCUT2D eigenvalue weighted by molar-refractivity contribution is 5.09. The van der Waals surface area contributed by atoms with E-state index in [1.807, 2.05) is 0 Å². The van der Waals surface area contributed by atoms with Crippen molar-refractivity contribution in [3.8, 4) is 0 Å². The predicted molar refractivity (Wildman–Crippen MR) is 70.1 cm³/mol. The Morgan fingerprint density at radius 2 is 1.88 bits per heavy atom. The molecule has 0 aromatic carbocycles. The summed E-state index contributed by atoms with van der Waals surface area (Å²) in [6, 6.07) is 1.60. The van der Waals surface area contributed by atoms with E-state index in [1.54, 1.807) is 0 Å². The lowest BCUT2D eigenvalue weighted by molar-refractivity contribution is -0.153. The van der Waals surface area contributed by atoms with E-state index in [1.165, 1.54) is 57.8 Å². The molecule has 0 heterocycles. The molecule has 0 aromatic rings. The Labute approximate surface area is 105 Å². The van der Waals surface area contributed by atoms with Crippen LogP contribution in [-0.2, 0) is 4.74 Å². The zero-order chi connectivity index (χ0) is 11.7. The molecule has 0 saturated heterocycles. The third-order valence-electron chi connectivity index (χ3n) is 5.48. The second-order valence-corrected chi connectivity index (χ2v) is 6.32. The van der Waals surface area contributed by atoms with Gasteiger partial charge in [0.25, 0.3) is 0 Å². The monoisotopic (exact) mass is 237 g/mol. The van der Waals surface area contributed by atoms with Crippen LogP contribution in [0, 0.1) is 5.41 Å². The molecule has 2 nitrogen and oxygen atoms in total. The maximum Gasteiger partial charge on any atom is 0.0661 e. The van der Waals surface area contributed by atoms with Gasteiger partial charge in [-0.3, -0.25) is 0 Å². The molecule has 0 aromatic heterocycles. The van der Waals surface area contributed by atoms with Crippen molar-refractivity contribution < 1.29 is 4.74 Å². The standard InChI is InChI=1S/C15H27NO/c1-2-17-14-11-13(16-12-7-6-8-12)15(14)9-4-3-5-10-15/h12-14,16H,2-11H2,1H3. The molecule has 3 aliphatic carbocycles. The fourth-order valence-electron chi connectivity index (χ4n) is 4.16. The Hall–Kier alpha value is -0.0800. The maximum absolute atomic E-state index is 5.99. The summed E-state index contributed by atoms with van der Waals surface area (Å²) in [4.78, 5) is 0. The molecule has 0 bridgehead atoms. The predicted octanol–water partition coefficient (Wildman–Crippen LogP) is 3.26. The second kappa shape index (κ2) is 4.89. The van der Waals surface area contributed by atoms with Crippen LogP contribution in [0.15, 0.2) is 0 Å². The lowest BCUT2D eigenvalue weighted by Crippen LogP contribution is -2.66. The molecule has 1 N–H and O–H groups in total. The van der Waals surface area contributed by atoms with E-state index in [0.29, 0.717) is 11.5 Å². The average Bonchev–Trinajstić information content (AvgIpc) is 2.31. The van der Waals surface area contributed by atoms with E-state index in [0.717, 1.165) is 18.7 Å². The number of hydrogen-bond donors (Lipinski definition) is 1. The summed E-state index contributed by atoms with van der Waals surface area (Å²) in [7, 11) is 0. The van der Waals surface area contributed by atoms with Crippen LogP contribution < -0.4 is 5.32 Å². The van der Waals surface area contributed by atoms with Crippen LogP contribution in [0.3, 0.4) is 0 Å². The Kier molecular flexibility index (Phi) is 3.45. The molecule has 1 spiro atoms. The van der Waals surface area contributed by atoms with E-state index in [2.05, 4.69) is 12.2 Å².